The quantitative estimate of drug-likeness (QED) is 0.241. The zero-order valence-corrected chi connectivity index (χ0v) is 20.3. The molecule has 1 fully saturated rings. The Hall–Kier alpha value is -4.60. The first-order valence-corrected chi connectivity index (χ1v) is 12.5. The fourth-order valence-electron chi connectivity index (χ4n) is 5.04. The van der Waals surface area contributed by atoms with Gasteiger partial charge in [-0.15, -0.1) is 0 Å². The summed E-state index contributed by atoms with van der Waals surface area (Å²) in [6, 6.07) is 13.8. The Morgan fingerprint density at radius 3 is 2.66 bits per heavy atom. The smallest absolute Gasteiger partial charge is 0.269 e. The van der Waals surface area contributed by atoms with Crippen molar-refractivity contribution in [3.05, 3.63) is 84.6 Å². The summed E-state index contributed by atoms with van der Waals surface area (Å²) in [6.07, 6.45) is 8.05. The summed E-state index contributed by atoms with van der Waals surface area (Å²) in [7, 11) is 0. The van der Waals surface area contributed by atoms with Gasteiger partial charge >= 0.3 is 0 Å². The molecule has 2 unspecified atom stereocenters. The van der Waals surface area contributed by atoms with E-state index in [1.165, 1.54) is 18.6 Å². The molecule has 1 aliphatic rings. The molecule has 0 spiro atoms. The number of aromatic amines is 2. The molecule has 3 heterocycles. The van der Waals surface area contributed by atoms with E-state index >= 15 is 0 Å². The van der Waals surface area contributed by atoms with Crippen LogP contribution in [0.5, 0.6) is 0 Å². The van der Waals surface area contributed by atoms with Gasteiger partial charge in [-0.25, -0.2) is 23.7 Å². The van der Waals surface area contributed by atoms with E-state index in [1.54, 1.807) is 6.20 Å². The molecule has 192 valence electrons. The number of hydrogen-bond acceptors (Lipinski definition) is 5. The van der Waals surface area contributed by atoms with Crippen molar-refractivity contribution in [2.75, 3.05) is 5.32 Å². The topological polar surface area (TPSA) is 111 Å². The number of carbonyl (C=O) groups excluding carboxylic acids is 1. The highest BCUT2D eigenvalue weighted by molar-refractivity contribution is 5.94. The van der Waals surface area contributed by atoms with Crippen molar-refractivity contribution in [3.63, 3.8) is 0 Å². The lowest BCUT2D eigenvalue weighted by Gasteiger charge is -2.30. The molecule has 0 bridgehead atoms. The van der Waals surface area contributed by atoms with Crippen molar-refractivity contribution in [2.45, 2.75) is 37.8 Å². The average Bonchev–Trinajstić information content (AvgIpc) is 3.60. The van der Waals surface area contributed by atoms with Gasteiger partial charge < -0.3 is 20.6 Å². The standard InChI is InChI=1S/C28H25F2N7O/c29-17-9-20-21(13-32-26(20)22(30)10-17)27-36-23(16-5-2-1-3-6-16)12-25(37-27)34-18-7-4-8-19(11-18)35-28(38)24-14-31-15-33-24/h1-3,5-6,9-10,12-15,18-19,32H,4,7-8,11H2,(H,31,33)(H,35,38)(H,34,36,37). The van der Waals surface area contributed by atoms with Crippen LogP contribution >= 0.6 is 0 Å². The highest BCUT2D eigenvalue weighted by Gasteiger charge is 2.25. The largest absolute Gasteiger partial charge is 0.367 e. The molecule has 5 aromatic rings. The number of fused-ring (bicyclic) bond motifs is 1. The van der Waals surface area contributed by atoms with Crippen LogP contribution in [0, 0.1) is 11.6 Å². The van der Waals surface area contributed by atoms with E-state index in [0.717, 1.165) is 37.3 Å². The monoisotopic (exact) mass is 513 g/mol. The van der Waals surface area contributed by atoms with Crippen LogP contribution < -0.4 is 10.6 Å². The first-order chi connectivity index (χ1) is 18.5. The van der Waals surface area contributed by atoms with E-state index in [4.69, 9.17) is 9.97 Å². The zero-order chi connectivity index (χ0) is 26.1. The summed E-state index contributed by atoms with van der Waals surface area (Å²) in [5, 5.41) is 6.97. The van der Waals surface area contributed by atoms with Gasteiger partial charge in [0.1, 0.15) is 23.1 Å². The fourth-order valence-corrected chi connectivity index (χ4v) is 5.04. The minimum Gasteiger partial charge on any atom is -0.367 e. The van der Waals surface area contributed by atoms with E-state index in [9.17, 15) is 13.6 Å². The number of carbonyl (C=O) groups is 1. The molecule has 8 nitrogen and oxygen atoms in total. The van der Waals surface area contributed by atoms with Crippen molar-refractivity contribution < 1.29 is 13.6 Å². The highest BCUT2D eigenvalue weighted by atomic mass is 19.1. The molecule has 0 aliphatic heterocycles. The Morgan fingerprint density at radius 1 is 1.00 bits per heavy atom. The van der Waals surface area contributed by atoms with Gasteiger partial charge in [0.25, 0.3) is 5.91 Å². The molecular weight excluding hydrogens is 488 g/mol. The van der Waals surface area contributed by atoms with Crippen LogP contribution in [-0.2, 0) is 0 Å². The molecule has 0 radical (unpaired) electrons. The third-order valence-corrected chi connectivity index (χ3v) is 6.85. The molecule has 38 heavy (non-hydrogen) atoms. The Labute approximate surface area is 217 Å². The third kappa shape index (κ3) is 4.84. The molecule has 2 atom stereocenters. The van der Waals surface area contributed by atoms with Gasteiger partial charge in [-0.3, -0.25) is 4.79 Å². The molecule has 10 heteroatoms. The van der Waals surface area contributed by atoms with Gasteiger partial charge in [0.2, 0.25) is 0 Å². The van der Waals surface area contributed by atoms with Gasteiger partial charge in [0, 0.05) is 46.9 Å². The fraction of sp³-hybridized carbons (Fsp3) is 0.214. The Bertz CT molecular complexity index is 1580. The summed E-state index contributed by atoms with van der Waals surface area (Å²) >= 11 is 0. The van der Waals surface area contributed by atoms with Crippen molar-refractivity contribution in [1.82, 2.24) is 30.2 Å². The van der Waals surface area contributed by atoms with Crippen LogP contribution in [0.3, 0.4) is 0 Å². The number of amides is 1. The Balaban J connectivity index is 1.31. The van der Waals surface area contributed by atoms with Crippen LogP contribution in [0.15, 0.2) is 67.3 Å². The number of anilines is 1. The Morgan fingerprint density at radius 2 is 1.84 bits per heavy atom. The number of H-pyrrole nitrogens is 2. The summed E-state index contributed by atoms with van der Waals surface area (Å²) in [5.41, 5.74) is 2.72. The second-order valence-electron chi connectivity index (χ2n) is 9.48. The average molecular weight is 514 g/mol. The first-order valence-electron chi connectivity index (χ1n) is 12.5. The molecule has 1 saturated carbocycles. The summed E-state index contributed by atoms with van der Waals surface area (Å²) < 4.78 is 28.4. The predicted octanol–water partition coefficient (Wildman–Crippen LogP) is 5.45. The molecular formula is C28H25F2N7O. The lowest BCUT2D eigenvalue weighted by atomic mass is 9.91. The number of rotatable bonds is 6. The van der Waals surface area contributed by atoms with Crippen molar-refractivity contribution in [2.24, 2.45) is 0 Å². The summed E-state index contributed by atoms with van der Waals surface area (Å²) in [4.78, 5) is 31.6. The molecule has 4 N–H and O–H groups in total. The zero-order valence-electron chi connectivity index (χ0n) is 20.3. The maximum absolute atomic E-state index is 14.4. The number of hydrogen-bond donors (Lipinski definition) is 4. The summed E-state index contributed by atoms with van der Waals surface area (Å²) in [6.45, 7) is 0. The van der Waals surface area contributed by atoms with Gasteiger partial charge in [-0.2, -0.15) is 0 Å². The minimum absolute atomic E-state index is 0.00604. The molecule has 2 aromatic carbocycles. The van der Waals surface area contributed by atoms with E-state index in [0.29, 0.717) is 34.0 Å². The van der Waals surface area contributed by atoms with E-state index in [-0.39, 0.29) is 23.5 Å². The van der Waals surface area contributed by atoms with Crippen molar-refractivity contribution >= 4 is 22.6 Å². The van der Waals surface area contributed by atoms with Gasteiger partial charge in [0.15, 0.2) is 5.82 Å². The van der Waals surface area contributed by atoms with Crippen LogP contribution in [-0.4, -0.2) is 42.9 Å². The molecule has 3 aromatic heterocycles. The normalized spacial score (nSPS) is 17.4. The maximum atomic E-state index is 14.4. The molecule has 6 rings (SSSR count). The Kier molecular flexibility index (Phi) is 6.28. The second-order valence-corrected chi connectivity index (χ2v) is 9.48. The molecule has 1 aliphatic carbocycles. The van der Waals surface area contributed by atoms with Gasteiger partial charge in [-0.05, 0) is 31.7 Å². The van der Waals surface area contributed by atoms with Gasteiger partial charge in [0.05, 0.1) is 23.7 Å². The van der Waals surface area contributed by atoms with Gasteiger partial charge in [-0.1, -0.05) is 30.3 Å². The number of benzene rings is 2. The van der Waals surface area contributed by atoms with E-state index in [1.807, 2.05) is 36.4 Å². The minimum atomic E-state index is -0.672. The number of nitrogens with zero attached hydrogens (tertiary/aromatic N) is 3. The van der Waals surface area contributed by atoms with E-state index in [2.05, 4.69) is 25.6 Å². The van der Waals surface area contributed by atoms with Crippen LogP contribution in [0.25, 0.3) is 33.5 Å². The number of imidazole rings is 1. The van der Waals surface area contributed by atoms with Crippen LogP contribution in [0.4, 0.5) is 14.6 Å². The SMILES string of the molecule is O=C(NC1CCCC(Nc2cc(-c3ccccc3)nc(-c3c[nH]c4c(F)cc(F)cc34)n2)C1)c1cnc[nH]1. The van der Waals surface area contributed by atoms with Crippen molar-refractivity contribution in [3.8, 4) is 22.6 Å². The molecule has 0 saturated heterocycles. The lowest BCUT2D eigenvalue weighted by molar-refractivity contribution is 0.0922. The summed E-state index contributed by atoms with van der Waals surface area (Å²) in [5.74, 6) is -0.564. The third-order valence-electron chi connectivity index (χ3n) is 6.85. The van der Waals surface area contributed by atoms with E-state index < -0.39 is 11.6 Å². The number of nitrogens with one attached hydrogen (secondary N) is 4. The van der Waals surface area contributed by atoms with Crippen LogP contribution in [0.1, 0.15) is 36.2 Å². The second kappa shape index (κ2) is 10.0. The highest BCUT2D eigenvalue weighted by Crippen LogP contribution is 2.32. The maximum Gasteiger partial charge on any atom is 0.269 e. The predicted molar refractivity (Wildman–Crippen MR) is 140 cm³/mol. The number of halogens is 2. The first kappa shape index (κ1) is 23.8. The molecule has 1 amide bonds. The number of aromatic nitrogens is 5. The van der Waals surface area contributed by atoms with Crippen LogP contribution in [0.2, 0.25) is 0 Å². The lowest BCUT2D eigenvalue weighted by Crippen LogP contribution is -2.42. The van der Waals surface area contributed by atoms with Crippen molar-refractivity contribution in [1.29, 1.82) is 0 Å².